The Balaban J connectivity index is 1.67. The van der Waals surface area contributed by atoms with E-state index in [4.69, 9.17) is 0 Å². The van der Waals surface area contributed by atoms with E-state index in [9.17, 15) is 10.0 Å². The molecule has 0 bridgehead atoms. The Kier molecular flexibility index (Phi) is 4.07. The van der Waals surface area contributed by atoms with E-state index in [1.54, 1.807) is 6.07 Å². The van der Waals surface area contributed by atoms with Gasteiger partial charge in [0, 0.05) is 0 Å². The van der Waals surface area contributed by atoms with E-state index in [2.05, 4.69) is 84.9 Å². The van der Waals surface area contributed by atoms with Gasteiger partial charge in [-0.1, -0.05) is 91.0 Å². The van der Waals surface area contributed by atoms with Crippen molar-refractivity contribution < 1.29 is 10.0 Å². The minimum Gasteiger partial charge on any atom is -0.423 e. The molecule has 0 fully saturated rings. The molecule has 6 aromatic rings. The van der Waals surface area contributed by atoms with Gasteiger partial charge in [-0.25, -0.2) is 0 Å². The largest absolute Gasteiger partial charge is 0.488 e. The van der Waals surface area contributed by atoms with E-state index in [1.807, 2.05) is 12.1 Å². The van der Waals surface area contributed by atoms with Crippen molar-refractivity contribution in [1.29, 1.82) is 0 Å². The fraction of sp³-hybridized carbons (Fsp3) is 0. The van der Waals surface area contributed by atoms with Crippen molar-refractivity contribution >= 4 is 55.7 Å². The molecule has 0 spiro atoms. The summed E-state index contributed by atoms with van der Waals surface area (Å²) in [6.07, 6.45) is 0. The van der Waals surface area contributed by atoms with Crippen LogP contribution >= 0.6 is 0 Å². The van der Waals surface area contributed by atoms with Crippen molar-refractivity contribution in [3.63, 3.8) is 0 Å². The third-order valence-corrected chi connectivity index (χ3v) is 6.24. The topological polar surface area (TPSA) is 40.5 Å². The van der Waals surface area contributed by atoms with Crippen LogP contribution in [0.4, 0.5) is 0 Å². The van der Waals surface area contributed by atoms with Crippen molar-refractivity contribution in [2.24, 2.45) is 0 Å². The molecule has 0 saturated carbocycles. The molecule has 0 radical (unpaired) electrons. The van der Waals surface area contributed by atoms with Gasteiger partial charge in [0.15, 0.2) is 0 Å². The molecule has 0 atom stereocenters. The van der Waals surface area contributed by atoms with Gasteiger partial charge in [0.25, 0.3) is 0 Å². The standard InChI is InChI=1S/C28H19BO2/c30-29(31)22-13-11-19-15-21(10-9-20(19)16-22)27-17-28-23-6-2-1-5-18(23)12-14-26(28)24-7-3-4-8-25(24)27/h1-17,30-31H. The number of fused-ring (bicyclic) bond motifs is 6. The molecular formula is C28H19BO2. The average Bonchev–Trinajstić information content (AvgIpc) is 2.82. The van der Waals surface area contributed by atoms with Gasteiger partial charge in [0.1, 0.15) is 0 Å². The second-order valence-electron chi connectivity index (χ2n) is 8.05. The Bertz CT molecular complexity index is 1620. The molecule has 2 nitrogen and oxygen atoms in total. The smallest absolute Gasteiger partial charge is 0.423 e. The number of rotatable bonds is 2. The summed E-state index contributed by atoms with van der Waals surface area (Å²) in [4.78, 5) is 0. The van der Waals surface area contributed by atoms with Crippen LogP contribution in [0, 0.1) is 0 Å². The highest BCUT2D eigenvalue weighted by Crippen LogP contribution is 2.38. The van der Waals surface area contributed by atoms with Gasteiger partial charge in [-0.2, -0.15) is 0 Å². The molecule has 0 heterocycles. The molecule has 0 aromatic heterocycles. The van der Waals surface area contributed by atoms with E-state index < -0.39 is 7.12 Å². The quantitative estimate of drug-likeness (QED) is 0.293. The van der Waals surface area contributed by atoms with Gasteiger partial charge in [-0.05, 0) is 71.8 Å². The van der Waals surface area contributed by atoms with Crippen LogP contribution in [0.1, 0.15) is 0 Å². The molecule has 6 rings (SSSR count). The Labute approximate surface area is 180 Å². The van der Waals surface area contributed by atoms with Crippen molar-refractivity contribution in [2.75, 3.05) is 0 Å². The summed E-state index contributed by atoms with van der Waals surface area (Å²) in [5.74, 6) is 0. The second-order valence-corrected chi connectivity index (χ2v) is 8.05. The van der Waals surface area contributed by atoms with Crippen LogP contribution < -0.4 is 5.46 Å². The van der Waals surface area contributed by atoms with Crippen LogP contribution in [-0.2, 0) is 0 Å². The maximum atomic E-state index is 9.48. The lowest BCUT2D eigenvalue weighted by atomic mass is 9.79. The molecule has 3 heteroatoms. The molecule has 2 N–H and O–H groups in total. The summed E-state index contributed by atoms with van der Waals surface area (Å²) < 4.78 is 0. The molecule has 0 aliphatic rings. The minimum absolute atomic E-state index is 0.503. The lowest BCUT2D eigenvalue weighted by Crippen LogP contribution is -2.29. The van der Waals surface area contributed by atoms with Gasteiger partial charge >= 0.3 is 7.12 Å². The third kappa shape index (κ3) is 2.90. The SMILES string of the molecule is OB(O)c1ccc2cc(-c3cc4c5ccccc5ccc4c4ccccc34)ccc2c1. The lowest BCUT2D eigenvalue weighted by molar-refractivity contribution is 0.426. The highest BCUT2D eigenvalue weighted by atomic mass is 16.4. The Morgan fingerprint density at radius 3 is 1.94 bits per heavy atom. The zero-order valence-electron chi connectivity index (χ0n) is 16.8. The Hall–Kier alpha value is -3.66. The van der Waals surface area contributed by atoms with E-state index in [0.29, 0.717) is 5.46 Å². The van der Waals surface area contributed by atoms with Gasteiger partial charge in [-0.15, -0.1) is 0 Å². The molecule has 31 heavy (non-hydrogen) atoms. The van der Waals surface area contributed by atoms with Gasteiger partial charge in [0.05, 0.1) is 0 Å². The Morgan fingerprint density at radius 1 is 0.452 bits per heavy atom. The maximum Gasteiger partial charge on any atom is 0.488 e. The van der Waals surface area contributed by atoms with Gasteiger partial charge in [0.2, 0.25) is 0 Å². The predicted octanol–water partition coefficient (Wildman–Crippen LogP) is 5.65. The zero-order valence-corrected chi connectivity index (χ0v) is 16.8. The van der Waals surface area contributed by atoms with Crippen molar-refractivity contribution in [3.05, 3.63) is 103 Å². The first-order valence-corrected chi connectivity index (χ1v) is 10.4. The molecular weight excluding hydrogens is 379 g/mol. The predicted molar refractivity (Wildman–Crippen MR) is 132 cm³/mol. The van der Waals surface area contributed by atoms with Gasteiger partial charge < -0.3 is 10.0 Å². The van der Waals surface area contributed by atoms with E-state index in [-0.39, 0.29) is 0 Å². The van der Waals surface area contributed by atoms with Crippen LogP contribution in [-0.4, -0.2) is 17.2 Å². The summed E-state index contributed by atoms with van der Waals surface area (Å²) in [6, 6.07) is 35.8. The van der Waals surface area contributed by atoms with Crippen LogP contribution in [0.15, 0.2) is 103 Å². The minimum atomic E-state index is -1.46. The van der Waals surface area contributed by atoms with Crippen molar-refractivity contribution in [3.8, 4) is 11.1 Å². The number of benzene rings is 6. The first-order chi connectivity index (χ1) is 15.2. The monoisotopic (exact) mass is 398 g/mol. The highest BCUT2D eigenvalue weighted by Gasteiger charge is 2.13. The lowest BCUT2D eigenvalue weighted by Gasteiger charge is -2.14. The van der Waals surface area contributed by atoms with Crippen LogP contribution in [0.3, 0.4) is 0 Å². The van der Waals surface area contributed by atoms with E-state index in [1.165, 1.54) is 37.9 Å². The number of hydrogen-bond acceptors (Lipinski definition) is 2. The summed E-state index contributed by atoms with van der Waals surface area (Å²) in [5.41, 5.74) is 2.85. The van der Waals surface area contributed by atoms with Crippen LogP contribution in [0.2, 0.25) is 0 Å². The average molecular weight is 398 g/mol. The fourth-order valence-corrected chi connectivity index (χ4v) is 4.69. The molecule has 0 aliphatic carbocycles. The number of hydrogen-bond donors (Lipinski definition) is 2. The molecule has 0 aliphatic heterocycles. The molecule has 0 saturated heterocycles. The fourth-order valence-electron chi connectivity index (χ4n) is 4.69. The summed E-state index contributed by atoms with van der Waals surface area (Å²) in [5, 5.41) is 28.5. The van der Waals surface area contributed by atoms with Crippen molar-refractivity contribution in [2.45, 2.75) is 0 Å². The van der Waals surface area contributed by atoms with Crippen molar-refractivity contribution in [1.82, 2.24) is 0 Å². The first-order valence-electron chi connectivity index (χ1n) is 10.4. The molecule has 146 valence electrons. The maximum absolute atomic E-state index is 9.48. The zero-order chi connectivity index (χ0) is 20.9. The third-order valence-electron chi connectivity index (χ3n) is 6.24. The molecule has 0 amide bonds. The molecule has 6 aromatic carbocycles. The summed E-state index contributed by atoms with van der Waals surface area (Å²) in [7, 11) is -1.46. The van der Waals surface area contributed by atoms with Crippen LogP contribution in [0.25, 0.3) is 54.2 Å². The molecule has 0 unspecified atom stereocenters. The second kappa shape index (κ2) is 6.95. The van der Waals surface area contributed by atoms with Gasteiger partial charge in [-0.3, -0.25) is 0 Å². The highest BCUT2D eigenvalue weighted by molar-refractivity contribution is 6.58. The summed E-state index contributed by atoms with van der Waals surface area (Å²) >= 11 is 0. The van der Waals surface area contributed by atoms with E-state index in [0.717, 1.165) is 16.3 Å². The normalized spacial score (nSPS) is 11.5. The Morgan fingerprint density at radius 2 is 1.10 bits per heavy atom. The first kappa shape index (κ1) is 18.1. The van der Waals surface area contributed by atoms with Crippen LogP contribution in [0.5, 0.6) is 0 Å². The summed E-state index contributed by atoms with van der Waals surface area (Å²) in [6.45, 7) is 0. The van der Waals surface area contributed by atoms with E-state index >= 15 is 0 Å².